The topological polar surface area (TPSA) is 73.1 Å². The van der Waals surface area contributed by atoms with Gasteiger partial charge in [-0.2, -0.15) is 0 Å². The van der Waals surface area contributed by atoms with Crippen LogP contribution in [0.2, 0.25) is 0 Å². The van der Waals surface area contributed by atoms with Crippen LogP contribution in [0.25, 0.3) is 28.0 Å². The van der Waals surface area contributed by atoms with Crippen molar-refractivity contribution in [1.29, 1.82) is 0 Å². The molecule has 0 bridgehead atoms. The van der Waals surface area contributed by atoms with Gasteiger partial charge in [-0.15, -0.1) is 10.2 Å². The van der Waals surface area contributed by atoms with E-state index in [2.05, 4.69) is 42.2 Å². The molecule has 4 aromatic rings. The van der Waals surface area contributed by atoms with Gasteiger partial charge in [0.15, 0.2) is 5.82 Å². The summed E-state index contributed by atoms with van der Waals surface area (Å²) in [4.78, 5) is 4.74. The monoisotopic (exact) mass is 402 g/mol. The van der Waals surface area contributed by atoms with E-state index in [9.17, 15) is 5.11 Å². The van der Waals surface area contributed by atoms with Crippen molar-refractivity contribution in [2.45, 2.75) is 46.8 Å². The van der Waals surface area contributed by atoms with Gasteiger partial charge >= 0.3 is 0 Å². The summed E-state index contributed by atoms with van der Waals surface area (Å²) >= 11 is 0. The number of benzene rings is 1. The first-order valence-electron chi connectivity index (χ1n) is 10.1. The molecule has 30 heavy (non-hydrogen) atoms. The zero-order valence-corrected chi connectivity index (χ0v) is 17.9. The summed E-state index contributed by atoms with van der Waals surface area (Å²) in [6.07, 6.45) is 3.15. The van der Waals surface area contributed by atoms with Crippen LogP contribution >= 0.6 is 0 Å². The highest BCUT2D eigenvalue weighted by Gasteiger charge is 2.17. The first kappa shape index (κ1) is 20.0. The predicted octanol–water partition coefficient (Wildman–Crippen LogP) is 4.94. The van der Waals surface area contributed by atoms with Gasteiger partial charge in [-0.25, -0.2) is 0 Å². The molecule has 3 heterocycles. The highest BCUT2D eigenvalue weighted by atomic mass is 16.5. The molecule has 0 aliphatic carbocycles. The summed E-state index contributed by atoms with van der Waals surface area (Å²) in [7, 11) is 0. The summed E-state index contributed by atoms with van der Waals surface area (Å²) in [6, 6.07) is 11.9. The van der Waals surface area contributed by atoms with Crippen LogP contribution in [0.4, 0.5) is 0 Å². The van der Waals surface area contributed by atoms with Crippen molar-refractivity contribution in [3.63, 3.8) is 0 Å². The lowest BCUT2D eigenvalue weighted by Crippen LogP contribution is -2.08. The lowest BCUT2D eigenvalue weighted by atomic mass is 9.98. The molecule has 6 heteroatoms. The first-order chi connectivity index (χ1) is 14.3. The molecule has 4 rings (SSSR count). The fourth-order valence-corrected chi connectivity index (χ4v) is 3.77. The highest BCUT2D eigenvalue weighted by molar-refractivity contribution is 5.89. The minimum Gasteiger partial charge on any atom is -0.474 e. The fourth-order valence-electron chi connectivity index (χ4n) is 3.77. The summed E-state index contributed by atoms with van der Waals surface area (Å²) in [5.74, 6) is 1.13. The standard InChI is InChI=1S/C24H26N4O2/c1-14(2)30-23-10-9-22(26-27-23)28-13-19(17(5)29)18-11-20(25-12-21(18)28)24-15(3)7-6-8-16(24)4/h6-14,17,29H,1-5H3. The van der Waals surface area contributed by atoms with Crippen LogP contribution in [-0.4, -0.2) is 31.0 Å². The zero-order chi connectivity index (χ0) is 21.4. The minimum absolute atomic E-state index is 0.0342. The van der Waals surface area contributed by atoms with E-state index in [4.69, 9.17) is 9.72 Å². The third kappa shape index (κ3) is 3.66. The Bertz CT molecular complexity index is 1170. The molecule has 1 N–H and O–H groups in total. The molecular weight excluding hydrogens is 376 g/mol. The number of hydrogen-bond acceptors (Lipinski definition) is 5. The van der Waals surface area contributed by atoms with Gasteiger partial charge in [-0.3, -0.25) is 9.55 Å². The highest BCUT2D eigenvalue weighted by Crippen LogP contribution is 2.33. The summed E-state index contributed by atoms with van der Waals surface area (Å²) < 4.78 is 7.50. The fraction of sp³-hybridized carbons (Fsp3) is 0.292. The van der Waals surface area contributed by atoms with Gasteiger partial charge in [-0.1, -0.05) is 18.2 Å². The molecular formula is C24H26N4O2. The van der Waals surface area contributed by atoms with E-state index < -0.39 is 6.10 Å². The zero-order valence-electron chi connectivity index (χ0n) is 17.9. The predicted molar refractivity (Wildman–Crippen MR) is 118 cm³/mol. The second-order valence-electron chi connectivity index (χ2n) is 7.88. The maximum absolute atomic E-state index is 10.4. The summed E-state index contributed by atoms with van der Waals surface area (Å²) in [6.45, 7) is 9.84. The Kier molecular flexibility index (Phi) is 5.26. The van der Waals surface area contributed by atoms with E-state index in [0.29, 0.717) is 11.7 Å². The average molecular weight is 402 g/mol. The maximum atomic E-state index is 10.4. The molecule has 0 radical (unpaired) electrons. The van der Waals surface area contributed by atoms with Crippen molar-refractivity contribution >= 4 is 10.9 Å². The Morgan fingerprint density at radius 2 is 1.73 bits per heavy atom. The molecule has 1 unspecified atom stereocenters. The van der Waals surface area contributed by atoms with E-state index in [1.54, 1.807) is 13.0 Å². The molecule has 0 spiro atoms. The van der Waals surface area contributed by atoms with Gasteiger partial charge in [-0.05, 0) is 57.9 Å². The van der Waals surface area contributed by atoms with E-state index >= 15 is 0 Å². The normalized spacial score (nSPS) is 12.5. The molecule has 0 aliphatic rings. The Balaban J connectivity index is 1.85. The number of ether oxygens (including phenoxy) is 1. The minimum atomic E-state index is -0.626. The molecule has 1 aromatic carbocycles. The third-order valence-corrected chi connectivity index (χ3v) is 5.14. The molecule has 154 valence electrons. The second-order valence-corrected chi connectivity index (χ2v) is 7.88. The molecule has 0 aliphatic heterocycles. The van der Waals surface area contributed by atoms with Crippen LogP contribution < -0.4 is 4.74 Å². The van der Waals surface area contributed by atoms with Gasteiger partial charge < -0.3 is 9.84 Å². The molecule has 1 atom stereocenters. The van der Waals surface area contributed by atoms with Crippen LogP contribution in [0.15, 0.2) is 48.8 Å². The van der Waals surface area contributed by atoms with Gasteiger partial charge in [0.2, 0.25) is 5.88 Å². The van der Waals surface area contributed by atoms with Gasteiger partial charge in [0.1, 0.15) is 0 Å². The number of aliphatic hydroxyl groups excluding tert-OH is 1. The maximum Gasteiger partial charge on any atom is 0.233 e. The van der Waals surface area contributed by atoms with Crippen molar-refractivity contribution < 1.29 is 9.84 Å². The lowest BCUT2D eigenvalue weighted by Gasteiger charge is -2.11. The molecule has 0 saturated heterocycles. The number of aliphatic hydroxyl groups is 1. The molecule has 3 aromatic heterocycles. The number of aromatic nitrogens is 4. The van der Waals surface area contributed by atoms with E-state index in [1.807, 2.05) is 42.9 Å². The van der Waals surface area contributed by atoms with Crippen molar-refractivity contribution in [3.05, 3.63) is 65.5 Å². The Hall–Kier alpha value is -3.25. The Labute approximate surface area is 176 Å². The van der Waals surface area contributed by atoms with Gasteiger partial charge in [0, 0.05) is 28.8 Å². The quantitative estimate of drug-likeness (QED) is 0.512. The van der Waals surface area contributed by atoms with Crippen molar-refractivity contribution in [2.24, 2.45) is 0 Å². The Morgan fingerprint density at radius 1 is 1.00 bits per heavy atom. The molecule has 0 saturated carbocycles. The molecule has 0 fully saturated rings. The van der Waals surface area contributed by atoms with Crippen molar-refractivity contribution in [2.75, 3.05) is 0 Å². The van der Waals surface area contributed by atoms with Crippen LogP contribution in [0, 0.1) is 13.8 Å². The van der Waals surface area contributed by atoms with E-state index in [0.717, 1.165) is 27.7 Å². The van der Waals surface area contributed by atoms with Crippen LogP contribution in [0.3, 0.4) is 0 Å². The number of nitrogens with zero attached hydrogens (tertiary/aromatic N) is 4. The largest absolute Gasteiger partial charge is 0.474 e. The number of aryl methyl sites for hydroxylation is 2. The molecule has 6 nitrogen and oxygen atoms in total. The van der Waals surface area contributed by atoms with Gasteiger partial charge in [0.25, 0.3) is 0 Å². The van der Waals surface area contributed by atoms with Crippen molar-refractivity contribution in [3.8, 4) is 23.0 Å². The summed E-state index contributed by atoms with van der Waals surface area (Å²) in [5.41, 5.74) is 6.05. The smallest absolute Gasteiger partial charge is 0.233 e. The third-order valence-electron chi connectivity index (χ3n) is 5.14. The second kappa shape index (κ2) is 7.88. The number of fused-ring (bicyclic) bond motifs is 1. The lowest BCUT2D eigenvalue weighted by molar-refractivity contribution is 0.200. The number of hydrogen-bond donors (Lipinski definition) is 1. The van der Waals surface area contributed by atoms with Crippen LogP contribution in [-0.2, 0) is 0 Å². The van der Waals surface area contributed by atoms with Crippen LogP contribution in [0.1, 0.15) is 43.6 Å². The van der Waals surface area contributed by atoms with E-state index in [-0.39, 0.29) is 6.10 Å². The van der Waals surface area contributed by atoms with E-state index in [1.165, 1.54) is 11.1 Å². The average Bonchev–Trinajstić information content (AvgIpc) is 3.07. The Morgan fingerprint density at radius 3 is 2.33 bits per heavy atom. The molecule has 0 amide bonds. The van der Waals surface area contributed by atoms with Gasteiger partial charge in [0.05, 0.1) is 29.6 Å². The summed E-state index contributed by atoms with van der Waals surface area (Å²) in [5, 5.41) is 19.8. The SMILES string of the molecule is Cc1cccc(C)c1-c1cc2c(C(C)O)cn(-c3ccc(OC(C)C)nn3)c2cn1. The number of rotatable bonds is 5. The van der Waals surface area contributed by atoms with Crippen molar-refractivity contribution in [1.82, 2.24) is 19.7 Å². The first-order valence-corrected chi connectivity index (χ1v) is 10.1. The van der Waals surface area contributed by atoms with Crippen LogP contribution in [0.5, 0.6) is 5.88 Å². The number of pyridine rings is 1.